The van der Waals surface area contributed by atoms with Gasteiger partial charge in [-0.05, 0) is 31.2 Å². The molecule has 4 rings (SSSR count). The Balaban J connectivity index is 2.04. The monoisotopic (exact) mass is 306 g/mol. The number of hydrogen-bond acceptors (Lipinski definition) is 4. The second kappa shape index (κ2) is 4.95. The van der Waals surface area contributed by atoms with Gasteiger partial charge in [0.15, 0.2) is 5.65 Å². The van der Waals surface area contributed by atoms with E-state index in [0.29, 0.717) is 16.9 Å². The number of H-pyrrole nitrogens is 1. The molecule has 6 nitrogen and oxygen atoms in total. The molecule has 4 aromatic rings. The highest BCUT2D eigenvalue weighted by atomic mass is 16.5. The first-order chi connectivity index (χ1) is 11.2. The van der Waals surface area contributed by atoms with E-state index in [-0.39, 0.29) is 5.69 Å². The van der Waals surface area contributed by atoms with Gasteiger partial charge in [0.2, 0.25) is 0 Å². The van der Waals surface area contributed by atoms with Crippen LogP contribution >= 0.6 is 0 Å². The van der Waals surface area contributed by atoms with E-state index in [2.05, 4.69) is 15.0 Å². The Morgan fingerprint density at radius 2 is 2.04 bits per heavy atom. The zero-order chi connectivity index (χ0) is 16.0. The summed E-state index contributed by atoms with van der Waals surface area (Å²) in [6, 6.07) is 11.4. The van der Waals surface area contributed by atoms with E-state index in [1.165, 1.54) is 0 Å². The quantitative estimate of drug-likeness (QED) is 0.618. The van der Waals surface area contributed by atoms with Gasteiger partial charge in [0, 0.05) is 23.3 Å². The van der Waals surface area contributed by atoms with Crippen molar-refractivity contribution in [2.45, 2.75) is 6.92 Å². The third kappa shape index (κ3) is 2.07. The molecule has 0 spiro atoms. The van der Waals surface area contributed by atoms with E-state index >= 15 is 0 Å². The first kappa shape index (κ1) is 13.5. The zero-order valence-corrected chi connectivity index (χ0v) is 12.7. The van der Waals surface area contributed by atoms with Gasteiger partial charge in [-0.25, -0.2) is 9.78 Å². The Kier molecular flexibility index (Phi) is 2.90. The van der Waals surface area contributed by atoms with Gasteiger partial charge in [-0.3, -0.25) is 14.5 Å². The van der Waals surface area contributed by atoms with Crippen LogP contribution in [0.25, 0.3) is 27.8 Å². The first-order valence-corrected chi connectivity index (χ1v) is 7.19. The molecular weight excluding hydrogens is 292 g/mol. The van der Waals surface area contributed by atoms with Gasteiger partial charge in [-0.2, -0.15) is 0 Å². The number of benzene rings is 1. The Labute approximate surface area is 131 Å². The fourth-order valence-corrected chi connectivity index (χ4v) is 2.77. The molecule has 3 aromatic heterocycles. The fraction of sp³-hybridized carbons (Fsp3) is 0.118. The van der Waals surface area contributed by atoms with Gasteiger partial charge in [0.1, 0.15) is 11.3 Å². The normalized spacial score (nSPS) is 11.2. The first-order valence-electron chi connectivity index (χ1n) is 7.19. The third-order valence-corrected chi connectivity index (χ3v) is 3.83. The molecule has 23 heavy (non-hydrogen) atoms. The molecule has 6 heteroatoms. The van der Waals surface area contributed by atoms with Crippen LogP contribution in [-0.4, -0.2) is 26.6 Å². The molecule has 0 saturated heterocycles. The summed E-state index contributed by atoms with van der Waals surface area (Å²) in [5.41, 5.74) is 3.46. The van der Waals surface area contributed by atoms with Crippen molar-refractivity contribution in [3.8, 4) is 11.4 Å². The summed E-state index contributed by atoms with van der Waals surface area (Å²) in [6.07, 6.45) is 1.61. The summed E-state index contributed by atoms with van der Waals surface area (Å²) in [6.45, 7) is 1.95. The Hall–Kier alpha value is -3.15. The number of fused-ring (bicyclic) bond motifs is 2. The van der Waals surface area contributed by atoms with Gasteiger partial charge in [0.05, 0.1) is 18.3 Å². The van der Waals surface area contributed by atoms with E-state index in [9.17, 15) is 4.79 Å². The molecule has 1 N–H and O–H groups in total. The van der Waals surface area contributed by atoms with Gasteiger partial charge in [-0.1, -0.05) is 6.07 Å². The molecule has 0 amide bonds. The second-order valence-electron chi connectivity index (χ2n) is 5.31. The predicted molar refractivity (Wildman–Crippen MR) is 88.3 cm³/mol. The Bertz CT molecular complexity index is 1090. The van der Waals surface area contributed by atoms with Crippen molar-refractivity contribution in [1.29, 1.82) is 0 Å². The number of nitrogens with one attached hydrogen (secondary N) is 1. The number of methoxy groups -OCH3 is 1. The van der Waals surface area contributed by atoms with Gasteiger partial charge < -0.3 is 4.74 Å². The molecule has 0 aliphatic heterocycles. The minimum atomic E-state index is -0.253. The SMILES string of the molecule is COc1ccnc2[nH]c(=O)n(-c3ccc4nc(C)ccc4c3)c12. The minimum Gasteiger partial charge on any atom is -0.494 e. The molecule has 1 aromatic carbocycles. The van der Waals surface area contributed by atoms with Crippen LogP contribution in [0.1, 0.15) is 5.69 Å². The molecule has 0 radical (unpaired) electrons. The van der Waals surface area contributed by atoms with Crippen LogP contribution in [-0.2, 0) is 0 Å². The standard InChI is InChI=1S/C17H14N4O2/c1-10-3-4-11-9-12(5-6-13(11)19-10)21-15-14(23-2)7-8-18-16(15)20-17(21)22/h3-9H,1-2H3,(H,18,20,22). The molecular formula is C17H14N4O2. The smallest absolute Gasteiger partial charge is 0.332 e. The highest BCUT2D eigenvalue weighted by Crippen LogP contribution is 2.25. The van der Waals surface area contributed by atoms with E-state index in [4.69, 9.17) is 4.74 Å². The molecule has 0 aliphatic rings. The molecule has 3 heterocycles. The van der Waals surface area contributed by atoms with E-state index in [1.54, 1.807) is 23.9 Å². The number of aryl methyl sites for hydroxylation is 1. The van der Waals surface area contributed by atoms with E-state index < -0.39 is 0 Å². The lowest BCUT2D eigenvalue weighted by Gasteiger charge is -2.08. The van der Waals surface area contributed by atoms with Gasteiger partial charge >= 0.3 is 5.69 Å². The van der Waals surface area contributed by atoms with Crippen LogP contribution in [0, 0.1) is 6.92 Å². The van der Waals surface area contributed by atoms with Crippen molar-refractivity contribution in [1.82, 2.24) is 19.5 Å². The third-order valence-electron chi connectivity index (χ3n) is 3.83. The van der Waals surface area contributed by atoms with Crippen LogP contribution in [0.15, 0.2) is 47.4 Å². The number of pyridine rings is 2. The van der Waals surface area contributed by atoms with Crippen molar-refractivity contribution in [2.75, 3.05) is 7.11 Å². The lowest BCUT2D eigenvalue weighted by atomic mass is 10.2. The molecule has 114 valence electrons. The Morgan fingerprint density at radius 3 is 2.87 bits per heavy atom. The molecule has 0 bridgehead atoms. The lowest BCUT2D eigenvalue weighted by molar-refractivity contribution is 0.418. The summed E-state index contributed by atoms with van der Waals surface area (Å²) in [7, 11) is 1.57. The van der Waals surface area contributed by atoms with E-state index in [0.717, 1.165) is 22.3 Å². The molecule has 0 atom stereocenters. The molecule has 0 aliphatic carbocycles. The van der Waals surface area contributed by atoms with Crippen LogP contribution in [0.5, 0.6) is 5.75 Å². The highest BCUT2D eigenvalue weighted by molar-refractivity contribution is 5.84. The molecule has 0 saturated carbocycles. The summed E-state index contributed by atoms with van der Waals surface area (Å²) < 4.78 is 6.94. The van der Waals surface area contributed by atoms with Crippen molar-refractivity contribution in [3.63, 3.8) is 0 Å². The molecule has 0 unspecified atom stereocenters. The topological polar surface area (TPSA) is 72.8 Å². The molecule has 0 fully saturated rings. The van der Waals surface area contributed by atoms with Crippen LogP contribution in [0.3, 0.4) is 0 Å². The van der Waals surface area contributed by atoms with Crippen LogP contribution < -0.4 is 10.4 Å². The average Bonchev–Trinajstić information content (AvgIpc) is 2.90. The number of nitrogens with zero attached hydrogens (tertiary/aromatic N) is 3. The number of aromatic nitrogens is 4. The van der Waals surface area contributed by atoms with Crippen molar-refractivity contribution in [2.24, 2.45) is 0 Å². The maximum absolute atomic E-state index is 12.4. The summed E-state index contributed by atoms with van der Waals surface area (Å²) in [4.78, 5) is 23.8. The maximum atomic E-state index is 12.4. The largest absolute Gasteiger partial charge is 0.494 e. The highest BCUT2D eigenvalue weighted by Gasteiger charge is 2.14. The van der Waals surface area contributed by atoms with Crippen LogP contribution in [0.2, 0.25) is 0 Å². The number of imidazole rings is 1. The minimum absolute atomic E-state index is 0.253. The van der Waals surface area contributed by atoms with Crippen molar-refractivity contribution >= 4 is 22.1 Å². The summed E-state index contributed by atoms with van der Waals surface area (Å²) in [5, 5.41) is 0.970. The second-order valence-corrected chi connectivity index (χ2v) is 5.31. The fourth-order valence-electron chi connectivity index (χ4n) is 2.77. The van der Waals surface area contributed by atoms with Gasteiger partial charge in [0.25, 0.3) is 0 Å². The van der Waals surface area contributed by atoms with Crippen molar-refractivity contribution < 1.29 is 4.74 Å². The summed E-state index contributed by atoms with van der Waals surface area (Å²) in [5.74, 6) is 0.593. The lowest BCUT2D eigenvalue weighted by Crippen LogP contribution is -2.14. The number of rotatable bonds is 2. The average molecular weight is 306 g/mol. The number of aromatic amines is 1. The van der Waals surface area contributed by atoms with Gasteiger partial charge in [-0.15, -0.1) is 0 Å². The number of ether oxygens (including phenoxy) is 1. The summed E-state index contributed by atoms with van der Waals surface area (Å²) >= 11 is 0. The Morgan fingerprint density at radius 1 is 1.17 bits per heavy atom. The number of hydrogen-bond donors (Lipinski definition) is 1. The zero-order valence-electron chi connectivity index (χ0n) is 12.7. The maximum Gasteiger partial charge on any atom is 0.332 e. The van der Waals surface area contributed by atoms with E-state index in [1.807, 2.05) is 37.3 Å². The van der Waals surface area contributed by atoms with Crippen molar-refractivity contribution in [3.05, 3.63) is 58.8 Å². The van der Waals surface area contributed by atoms with Crippen LogP contribution in [0.4, 0.5) is 0 Å². The predicted octanol–water partition coefficient (Wildman–Crippen LogP) is 2.58.